The summed E-state index contributed by atoms with van der Waals surface area (Å²) in [5, 5.41) is 2.43. The molecule has 11 heteroatoms. The maximum Gasteiger partial charge on any atom is 0.273 e. The lowest BCUT2D eigenvalue weighted by atomic mass is 10.0. The highest BCUT2D eigenvalue weighted by Crippen LogP contribution is 2.31. The summed E-state index contributed by atoms with van der Waals surface area (Å²) in [6.45, 7) is 3.17. The summed E-state index contributed by atoms with van der Waals surface area (Å²) in [5.74, 6) is -5.10. The summed E-state index contributed by atoms with van der Waals surface area (Å²) in [7, 11) is 1.59. The van der Waals surface area contributed by atoms with Crippen molar-refractivity contribution in [3.8, 4) is 0 Å². The maximum absolute atomic E-state index is 13.3. The maximum atomic E-state index is 13.3. The number of aromatic nitrogens is 1. The molecule has 1 aliphatic rings. The molecule has 0 aliphatic carbocycles. The average molecular weight is 421 g/mol. The molecule has 2 aromatic rings. The highest BCUT2D eigenvalue weighted by atomic mass is 35.5. The first-order chi connectivity index (χ1) is 12.7. The minimum Gasteiger partial charge on any atom is -0.377 e. The first-order valence-corrected chi connectivity index (χ1v) is 8.97. The number of hydrogen-bond acceptors (Lipinski definition) is 5. The minimum atomic E-state index is -1.61. The number of amides is 1. The Morgan fingerprint density at radius 1 is 1.30 bits per heavy atom. The Bertz CT molecular complexity index is 866. The van der Waals surface area contributed by atoms with Crippen molar-refractivity contribution in [1.82, 2.24) is 9.29 Å². The molecule has 1 fully saturated rings. The van der Waals surface area contributed by atoms with E-state index in [0.717, 1.165) is 0 Å². The number of benzene rings is 1. The van der Waals surface area contributed by atoms with Crippen molar-refractivity contribution in [3.63, 3.8) is 0 Å². The van der Waals surface area contributed by atoms with Gasteiger partial charge in [0.05, 0.1) is 29.5 Å². The van der Waals surface area contributed by atoms with Crippen LogP contribution in [0, 0.1) is 17.5 Å². The highest BCUT2D eigenvalue weighted by molar-refractivity contribution is 7.98. The van der Waals surface area contributed by atoms with Gasteiger partial charge in [0.25, 0.3) is 5.91 Å². The molecule has 3 N–H and O–H groups in total. The van der Waals surface area contributed by atoms with E-state index < -0.39 is 23.4 Å². The van der Waals surface area contributed by atoms with Crippen LogP contribution in [-0.4, -0.2) is 29.2 Å². The van der Waals surface area contributed by atoms with Gasteiger partial charge in [-0.1, -0.05) is 11.6 Å². The monoisotopic (exact) mass is 420 g/mol. The molecule has 2 heterocycles. The number of nitrogens with one attached hydrogen (secondary N) is 3. The van der Waals surface area contributed by atoms with Crippen LogP contribution < -0.4 is 14.8 Å². The van der Waals surface area contributed by atoms with Gasteiger partial charge in [-0.2, -0.15) is 0 Å². The summed E-state index contributed by atoms with van der Waals surface area (Å²) in [6, 6.07) is 1.38. The zero-order valence-electron chi connectivity index (χ0n) is 14.3. The van der Waals surface area contributed by atoms with Gasteiger partial charge in [-0.25, -0.2) is 17.9 Å². The number of carbonyl (C=O) groups is 1. The molecule has 1 aromatic carbocycles. The van der Waals surface area contributed by atoms with Gasteiger partial charge in [-0.3, -0.25) is 4.79 Å². The normalized spacial score (nSPS) is 15.3. The Balaban J connectivity index is 1.70. The molecule has 27 heavy (non-hydrogen) atoms. The number of aryl methyl sites for hydroxylation is 1. The molecule has 0 radical (unpaired) electrons. The van der Waals surface area contributed by atoms with E-state index >= 15 is 0 Å². The fourth-order valence-corrected chi connectivity index (χ4v) is 3.47. The van der Waals surface area contributed by atoms with Gasteiger partial charge in [-0.05, 0) is 6.92 Å². The highest BCUT2D eigenvalue weighted by Gasteiger charge is 2.33. The molecule has 0 unspecified atom stereocenters. The molecule has 146 valence electrons. The van der Waals surface area contributed by atoms with Crippen LogP contribution in [0.25, 0.3) is 0 Å². The number of halogens is 4. The molecular weight excluding hydrogens is 405 g/mol. The zero-order valence-corrected chi connectivity index (χ0v) is 15.9. The van der Waals surface area contributed by atoms with E-state index in [1.165, 1.54) is 16.7 Å². The van der Waals surface area contributed by atoms with E-state index in [1.54, 1.807) is 13.2 Å². The molecule has 0 bridgehead atoms. The lowest BCUT2D eigenvalue weighted by Gasteiger charge is -2.38. The Labute approximate surface area is 162 Å². The predicted molar refractivity (Wildman–Crippen MR) is 98.3 cm³/mol. The van der Waals surface area contributed by atoms with Crippen LogP contribution in [0.15, 0.2) is 18.3 Å². The average Bonchev–Trinajstić information content (AvgIpc) is 2.85. The van der Waals surface area contributed by atoms with E-state index in [4.69, 9.17) is 16.3 Å². The second-order valence-electron chi connectivity index (χ2n) is 6.38. The lowest BCUT2D eigenvalue weighted by Crippen LogP contribution is -2.55. The standard InChI is InChI=1S/C16H16ClF3N4O2S/c1-16(6-26-7-16)23-27-22-11-5-24(2)14(12(11)17)15(25)21-8-3-9(18)13(20)10(19)4-8/h3-5,22-23H,6-7H2,1-2H3,(H,21,25). The molecule has 1 amide bonds. The number of ether oxygens (including phenoxy) is 1. The third kappa shape index (κ3) is 4.18. The fraction of sp³-hybridized carbons (Fsp3) is 0.312. The Kier molecular flexibility index (Phi) is 5.61. The molecule has 3 rings (SSSR count). The summed E-state index contributed by atoms with van der Waals surface area (Å²) in [5.41, 5.74) is 0.179. The molecular formula is C16H16ClF3N4O2S. The third-order valence-corrected chi connectivity index (χ3v) is 5.18. The van der Waals surface area contributed by atoms with E-state index in [2.05, 4.69) is 14.8 Å². The van der Waals surface area contributed by atoms with Gasteiger partial charge in [-0.15, -0.1) is 0 Å². The number of hydrogen-bond donors (Lipinski definition) is 3. The third-order valence-electron chi connectivity index (χ3n) is 3.88. The minimum absolute atomic E-state index is 0.0723. The van der Waals surface area contributed by atoms with E-state index in [9.17, 15) is 18.0 Å². The van der Waals surface area contributed by atoms with Crippen LogP contribution >= 0.6 is 23.7 Å². The Morgan fingerprint density at radius 2 is 1.93 bits per heavy atom. The number of carbonyl (C=O) groups excluding carboxylic acids is 1. The van der Waals surface area contributed by atoms with Crippen LogP contribution in [0.5, 0.6) is 0 Å². The van der Waals surface area contributed by atoms with Gasteiger partial charge in [0.15, 0.2) is 17.5 Å². The number of nitrogens with zero attached hydrogens (tertiary/aromatic N) is 1. The second kappa shape index (κ2) is 7.63. The van der Waals surface area contributed by atoms with Crippen molar-refractivity contribution in [2.75, 3.05) is 23.3 Å². The predicted octanol–water partition coefficient (Wildman–Crippen LogP) is 3.70. The van der Waals surface area contributed by atoms with Gasteiger partial charge >= 0.3 is 0 Å². The van der Waals surface area contributed by atoms with Crippen LogP contribution in [-0.2, 0) is 11.8 Å². The van der Waals surface area contributed by atoms with E-state index in [1.807, 2.05) is 6.92 Å². The summed E-state index contributed by atoms with van der Waals surface area (Å²) < 4.78 is 52.4. The quantitative estimate of drug-likeness (QED) is 0.491. The summed E-state index contributed by atoms with van der Waals surface area (Å²) in [4.78, 5) is 12.4. The van der Waals surface area contributed by atoms with Gasteiger partial charge in [0.2, 0.25) is 0 Å². The lowest BCUT2D eigenvalue weighted by molar-refractivity contribution is -0.0509. The van der Waals surface area contributed by atoms with Crippen LogP contribution in [0.3, 0.4) is 0 Å². The molecule has 6 nitrogen and oxygen atoms in total. The fourth-order valence-electron chi connectivity index (χ4n) is 2.42. The second-order valence-corrected chi connectivity index (χ2v) is 7.37. The van der Waals surface area contributed by atoms with Gasteiger partial charge in [0, 0.05) is 43.2 Å². The van der Waals surface area contributed by atoms with Crippen LogP contribution in [0.2, 0.25) is 5.02 Å². The first-order valence-electron chi connectivity index (χ1n) is 7.78. The largest absolute Gasteiger partial charge is 0.377 e. The van der Waals surface area contributed by atoms with Crippen LogP contribution in [0.4, 0.5) is 24.5 Å². The molecule has 1 saturated heterocycles. The van der Waals surface area contributed by atoms with E-state index in [-0.39, 0.29) is 21.9 Å². The molecule has 0 spiro atoms. The van der Waals surface area contributed by atoms with Crippen molar-refractivity contribution in [2.24, 2.45) is 7.05 Å². The molecule has 0 saturated carbocycles. The summed E-state index contributed by atoms with van der Waals surface area (Å²) in [6.07, 6.45) is 1.59. The molecule has 1 aromatic heterocycles. The zero-order chi connectivity index (χ0) is 19.8. The Morgan fingerprint density at radius 3 is 2.48 bits per heavy atom. The number of anilines is 2. The smallest absolute Gasteiger partial charge is 0.273 e. The summed E-state index contributed by atoms with van der Waals surface area (Å²) >= 11 is 7.45. The number of rotatable bonds is 6. The van der Waals surface area contributed by atoms with Crippen molar-refractivity contribution < 1.29 is 22.7 Å². The molecule has 0 atom stereocenters. The first kappa shape index (κ1) is 19.9. The van der Waals surface area contributed by atoms with Crippen molar-refractivity contribution >= 4 is 41.0 Å². The topological polar surface area (TPSA) is 67.3 Å². The molecule has 1 aliphatic heterocycles. The van der Waals surface area contributed by atoms with E-state index in [0.29, 0.717) is 31.0 Å². The SMILES string of the molecule is Cn1cc(NSNC2(C)COC2)c(Cl)c1C(=O)Nc1cc(F)c(F)c(F)c1. The van der Waals surface area contributed by atoms with Gasteiger partial charge in [0.1, 0.15) is 5.69 Å². The van der Waals surface area contributed by atoms with Crippen molar-refractivity contribution in [1.29, 1.82) is 0 Å². The Hall–Kier alpha value is -1.88. The van der Waals surface area contributed by atoms with Crippen molar-refractivity contribution in [3.05, 3.63) is 46.5 Å². The van der Waals surface area contributed by atoms with Gasteiger partial charge < -0.3 is 19.3 Å². The van der Waals surface area contributed by atoms with Crippen LogP contribution in [0.1, 0.15) is 17.4 Å². The van der Waals surface area contributed by atoms with Crippen molar-refractivity contribution in [2.45, 2.75) is 12.5 Å².